The Hall–Kier alpha value is -2.37. The van der Waals surface area contributed by atoms with E-state index >= 15 is 0 Å². The number of carbonyl (C=O) groups is 1. The second kappa shape index (κ2) is 8.14. The second-order valence-corrected chi connectivity index (χ2v) is 6.54. The predicted octanol–water partition coefficient (Wildman–Crippen LogP) is 3.47. The molecule has 3 rings (SSSR count). The Balaban J connectivity index is 1.54. The van der Waals surface area contributed by atoms with Crippen molar-refractivity contribution in [2.45, 2.75) is 51.0 Å². The number of aryl methyl sites for hydroxylation is 1. The number of benzene rings is 1. The first-order chi connectivity index (χ1) is 12.2. The summed E-state index contributed by atoms with van der Waals surface area (Å²) in [5, 5.41) is 4.00. The summed E-state index contributed by atoms with van der Waals surface area (Å²) in [7, 11) is 3.54. The Kier molecular flexibility index (Phi) is 5.68. The Morgan fingerprint density at radius 3 is 2.64 bits per heavy atom. The molecule has 0 atom stereocenters. The van der Waals surface area contributed by atoms with Gasteiger partial charge in [0.25, 0.3) is 0 Å². The van der Waals surface area contributed by atoms with Gasteiger partial charge < -0.3 is 14.2 Å². The summed E-state index contributed by atoms with van der Waals surface area (Å²) in [6, 6.07) is 7.87. The number of nitrogens with zero attached hydrogens (tertiary/aromatic N) is 3. The van der Waals surface area contributed by atoms with Crippen LogP contribution in [0.3, 0.4) is 0 Å². The molecule has 2 aromatic rings. The van der Waals surface area contributed by atoms with E-state index in [1.807, 2.05) is 36.2 Å². The van der Waals surface area contributed by atoms with Crippen molar-refractivity contribution in [3.63, 3.8) is 0 Å². The highest BCUT2D eigenvalue weighted by atomic mass is 16.5. The van der Waals surface area contributed by atoms with Gasteiger partial charge in [-0.1, -0.05) is 24.4 Å². The molecular weight excluding hydrogens is 318 g/mol. The molecule has 1 aromatic heterocycles. The van der Waals surface area contributed by atoms with E-state index in [4.69, 9.17) is 9.26 Å². The van der Waals surface area contributed by atoms with Crippen molar-refractivity contribution >= 4 is 5.91 Å². The van der Waals surface area contributed by atoms with Crippen molar-refractivity contribution in [2.75, 3.05) is 14.2 Å². The minimum absolute atomic E-state index is 0.149. The molecule has 1 aromatic carbocycles. The van der Waals surface area contributed by atoms with Gasteiger partial charge in [-0.2, -0.15) is 4.98 Å². The first-order valence-electron chi connectivity index (χ1n) is 8.90. The van der Waals surface area contributed by atoms with E-state index in [0.717, 1.165) is 24.2 Å². The molecule has 0 radical (unpaired) electrons. The van der Waals surface area contributed by atoms with Crippen LogP contribution in [0.4, 0.5) is 0 Å². The highest BCUT2D eigenvalue weighted by Crippen LogP contribution is 2.23. The van der Waals surface area contributed by atoms with Crippen LogP contribution in [-0.2, 0) is 11.2 Å². The number of carbonyl (C=O) groups excluding carboxylic acids is 1. The van der Waals surface area contributed by atoms with Crippen molar-refractivity contribution in [3.05, 3.63) is 30.2 Å². The zero-order valence-corrected chi connectivity index (χ0v) is 14.9. The first-order valence-corrected chi connectivity index (χ1v) is 8.90. The lowest BCUT2D eigenvalue weighted by molar-refractivity contribution is -0.132. The quantitative estimate of drug-likeness (QED) is 0.803. The molecule has 6 heteroatoms. The number of hydrogen-bond donors (Lipinski definition) is 0. The molecule has 25 heavy (non-hydrogen) atoms. The zero-order chi connectivity index (χ0) is 17.6. The Bertz CT molecular complexity index is 690. The van der Waals surface area contributed by atoms with Crippen LogP contribution in [0.1, 0.15) is 44.4 Å². The Morgan fingerprint density at radius 1 is 1.24 bits per heavy atom. The van der Waals surface area contributed by atoms with Crippen molar-refractivity contribution in [1.82, 2.24) is 15.0 Å². The van der Waals surface area contributed by atoms with E-state index in [1.165, 1.54) is 19.3 Å². The third kappa shape index (κ3) is 4.38. The molecule has 1 amide bonds. The van der Waals surface area contributed by atoms with Gasteiger partial charge in [0, 0.05) is 31.5 Å². The number of rotatable bonds is 6. The highest BCUT2D eigenvalue weighted by Gasteiger charge is 2.22. The molecule has 134 valence electrons. The number of ether oxygens (including phenoxy) is 1. The smallest absolute Gasteiger partial charge is 0.227 e. The molecule has 0 bridgehead atoms. The Morgan fingerprint density at radius 2 is 1.96 bits per heavy atom. The van der Waals surface area contributed by atoms with Gasteiger partial charge in [-0.15, -0.1) is 0 Å². The third-order valence-corrected chi connectivity index (χ3v) is 4.88. The fourth-order valence-electron chi connectivity index (χ4n) is 3.28. The van der Waals surface area contributed by atoms with Crippen LogP contribution in [0.25, 0.3) is 11.4 Å². The molecule has 1 heterocycles. The van der Waals surface area contributed by atoms with Gasteiger partial charge in [0.2, 0.25) is 17.6 Å². The summed E-state index contributed by atoms with van der Waals surface area (Å²) in [5.74, 6) is 1.96. The normalized spacial score (nSPS) is 15.1. The summed E-state index contributed by atoms with van der Waals surface area (Å²) in [4.78, 5) is 18.7. The van der Waals surface area contributed by atoms with Crippen LogP contribution in [0.5, 0.6) is 5.75 Å². The van der Waals surface area contributed by atoms with E-state index in [0.29, 0.717) is 30.6 Å². The first kappa shape index (κ1) is 17.5. The molecule has 0 aliphatic heterocycles. The molecule has 1 saturated carbocycles. The molecule has 0 spiro atoms. The summed E-state index contributed by atoms with van der Waals surface area (Å²) in [6.07, 6.45) is 6.83. The van der Waals surface area contributed by atoms with Crippen molar-refractivity contribution in [3.8, 4) is 17.1 Å². The summed E-state index contributed by atoms with van der Waals surface area (Å²) >= 11 is 0. The number of aromatic nitrogens is 2. The molecule has 1 aliphatic carbocycles. The van der Waals surface area contributed by atoms with E-state index < -0.39 is 0 Å². The number of hydrogen-bond acceptors (Lipinski definition) is 5. The van der Waals surface area contributed by atoms with Gasteiger partial charge in [0.15, 0.2) is 0 Å². The molecule has 1 aliphatic rings. The average molecular weight is 343 g/mol. The molecule has 0 unspecified atom stereocenters. The average Bonchev–Trinajstić information content (AvgIpc) is 3.15. The van der Waals surface area contributed by atoms with Crippen molar-refractivity contribution in [1.29, 1.82) is 0 Å². The molecule has 0 saturated heterocycles. The highest BCUT2D eigenvalue weighted by molar-refractivity contribution is 5.76. The maximum Gasteiger partial charge on any atom is 0.227 e. The number of methoxy groups -OCH3 is 1. The summed E-state index contributed by atoms with van der Waals surface area (Å²) in [5.41, 5.74) is 0.862. The lowest BCUT2D eigenvalue weighted by Gasteiger charge is -2.31. The van der Waals surface area contributed by atoms with Gasteiger partial charge in [-0.25, -0.2) is 0 Å². The van der Waals surface area contributed by atoms with E-state index in [2.05, 4.69) is 10.1 Å². The second-order valence-electron chi connectivity index (χ2n) is 6.54. The molecule has 1 fully saturated rings. The van der Waals surface area contributed by atoms with Crippen LogP contribution in [0.2, 0.25) is 0 Å². The van der Waals surface area contributed by atoms with Crippen LogP contribution < -0.4 is 4.74 Å². The molecular formula is C19H25N3O3. The topological polar surface area (TPSA) is 68.5 Å². The predicted molar refractivity (Wildman–Crippen MR) is 94.3 cm³/mol. The minimum Gasteiger partial charge on any atom is -0.497 e. The van der Waals surface area contributed by atoms with Gasteiger partial charge in [0.05, 0.1) is 7.11 Å². The molecule has 6 nitrogen and oxygen atoms in total. The zero-order valence-electron chi connectivity index (χ0n) is 14.9. The van der Waals surface area contributed by atoms with Crippen LogP contribution >= 0.6 is 0 Å². The maximum atomic E-state index is 12.4. The van der Waals surface area contributed by atoms with E-state index in [9.17, 15) is 4.79 Å². The summed E-state index contributed by atoms with van der Waals surface area (Å²) in [6.45, 7) is 0. The standard InChI is InChI=1S/C19H25N3O3/c1-22(15-6-4-3-5-7-15)18(23)13-12-17-20-19(21-25-17)14-8-10-16(24-2)11-9-14/h8-11,15H,3-7,12-13H2,1-2H3. The lowest BCUT2D eigenvalue weighted by Crippen LogP contribution is -2.38. The van der Waals surface area contributed by atoms with Crippen molar-refractivity contribution in [2.24, 2.45) is 0 Å². The number of amides is 1. The van der Waals surface area contributed by atoms with Gasteiger partial charge in [0.1, 0.15) is 5.75 Å². The van der Waals surface area contributed by atoms with Crippen LogP contribution in [0.15, 0.2) is 28.8 Å². The third-order valence-electron chi connectivity index (χ3n) is 4.88. The van der Waals surface area contributed by atoms with Crippen LogP contribution in [0, 0.1) is 0 Å². The summed E-state index contributed by atoms with van der Waals surface area (Å²) < 4.78 is 10.4. The monoisotopic (exact) mass is 343 g/mol. The molecule has 0 N–H and O–H groups in total. The van der Waals surface area contributed by atoms with Gasteiger partial charge in [-0.3, -0.25) is 4.79 Å². The maximum absolute atomic E-state index is 12.4. The largest absolute Gasteiger partial charge is 0.497 e. The van der Waals surface area contributed by atoms with Crippen molar-refractivity contribution < 1.29 is 14.1 Å². The fraction of sp³-hybridized carbons (Fsp3) is 0.526. The SMILES string of the molecule is COc1ccc(-c2noc(CCC(=O)N(C)C3CCCCC3)n2)cc1. The van der Waals surface area contributed by atoms with Gasteiger partial charge >= 0.3 is 0 Å². The van der Waals surface area contributed by atoms with Crippen LogP contribution in [-0.4, -0.2) is 41.1 Å². The Labute approximate surface area is 148 Å². The van der Waals surface area contributed by atoms with Gasteiger partial charge in [-0.05, 0) is 37.1 Å². The minimum atomic E-state index is 0.149. The van der Waals surface area contributed by atoms with E-state index in [-0.39, 0.29) is 5.91 Å². The lowest BCUT2D eigenvalue weighted by atomic mass is 9.94. The fourth-order valence-corrected chi connectivity index (χ4v) is 3.28. The van der Waals surface area contributed by atoms with E-state index in [1.54, 1.807) is 7.11 Å².